The number of benzene rings is 1. The van der Waals surface area contributed by atoms with Crippen LogP contribution < -0.4 is 0 Å². The Balaban J connectivity index is 1.74. The monoisotopic (exact) mass is 296 g/mol. The lowest BCUT2D eigenvalue weighted by Crippen LogP contribution is -2.42. The zero-order chi connectivity index (χ0) is 15.5. The number of phenols is 1. The molecular weight excluding hydrogens is 272 g/mol. The van der Waals surface area contributed by atoms with Gasteiger partial charge >= 0.3 is 0 Å². The van der Waals surface area contributed by atoms with Gasteiger partial charge in [0, 0.05) is 5.92 Å². The molecule has 0 radical (unpaired) electrons. The molecule has 0 amide bonds. The SMILES string of the molecule is C#C[C@H]1CC[C@H]2[C@@H]3CC(O)c4cc(O)ccc4[C@H]3CC[C@]12C. The van der Waals surface area contributed by atoms with Gasteiger partial charge < -0.3 is 10.2 Å². The van der Waals surface area contributed by atoms with Gasteiger partial charge in [0.25, 0.3) is 0 Å². The highest BCUT2D eigenvalue weighted by Gasteiger charge is 2.55. The summed E-state index contributed by atoms with van der Waals surface area (Å²) in [6.07, 6.45) is 10.8. The van der Waals surface area contributed by atoms with Crippen molar-refractivity contribution in [3.8, 4) is 18.1 Å². The first kappa shape index (κ1) is 14.2. The average molecular weight is 296 g/mol. The second-order valence-corrected chi connectivity index (χ2v) is 7.78. The molecule has 116 valence electrons. The van der Waals surface area contributed by atoms with Crippen LogP contribution in [0, 0.1) is 35.5 Å². The Morgan fingerprint density at radius 1 is 1.23 bits per heavy atom. The maximum absolute atomic E-state index is 10.6. The third-order valence-corrected chi connectivity index (χ3v) is 6.96. The number of aliphatic hydroxyl groups excluding tert-OH is 1. The summed E-state index contributed by atoms with van der Waals surface area (Å²) in [5, 5.41) is 20.3. The molecule has 2 saturated carbocycles. The minimum absolute atomic E-state index is 0.254. The van der Waals surface area contributed by atoms with Gasteiger partial charge in [-0.2, -0.15) is 0 Å². The lowest BCUT2D eigenvalue weighted by Gasteiger charge is -2.51. The van der Waals surface area contributed by atoms with Gasteiger partial charge in [-0.1, -0.05) is 13.0 Å². The molecule has 2 fully saturated rings. The molecule has 2 heteroatoms. The van der Waals surface area contributed by atoms with Crippen molar-refractivity contribution < 1.29 is 10.2 Å². The van der Waals surface area contributed by atoms with Gasteiger partial charge in [-0.25, -0.2) is 0 Å². The molecule has 0 saturated heterocycles. The molecule has 3 aliphatic carbocycles. The van der Waals surface area contributed by atoms with Gasteiger partial charge in [-0.05, 0) is 78.5 Å². The van der Waals surface area contributed by atoms with Crippen molar-refractivity contribution in [3.05, 3.63) is 29.3 Å². The van der Waals surface area contributed by atoms with Gasteiger partial charge in [0.1, 0.15) is 5.75 Å². The van der Waals surface area contributed by atoms with Crippen LogP contribution in [0.3, 0.4) is 0 Å². The summed E-state index contributed by atoms with van der Waals surface area (Å²) in [7, 11) is 0. The fraction of sp³-hybridized carbons (Fsp3) is 0.600. The Labute approximate surface area is 132 Å². The van der Waals surface area contributed by atoms with E-state index in [-0.39, 0.29) is 11.2 Å². The summed E-state index contributed by atoms with van der Waals surface area (Å²) in [6.45, 7) is 2.38. The van der Waals surface area contributed by atoms with Crippen LogP contribution in [0.5, 0.6) is 5.75 Å². The number of terminal acetylenes is 1. The second-order valence-electron chi connectivity index (χ2n) is 7.78. The van der Waals surface area contributed by atoms with E-state index in [4.69, 9.17) is 6.42 Å². The van der Waals surface area contributed by atoms with Crippen molar-refractivity contribution in [1.82, 2.24) is 0 Å². The smallest absolute Gasteiger partial charge is 0.115 e. The van der Waals surface area contributed by atoms with E-state index < -0.39 is 6.10 Å². The fourth-order valence-electron chi connectivity index (χ4n) is 5.85. The zero-order valence-electron chi connectivity index (χ0n) is 13.1. The maximum Gasteiger partial charge on any atom is 0.115 e. The van der Waals surface area contributed by atoms with Gasteiger partial charge in [0.15, 0.2) is 0 Å². The number of phenolic OH excluding ortho intramolecular Hbond substituents is 1. The zero-order valence-corrected chi connectivity index (χ0v) is 13.1. The molecule has 0 bridgehead atoms. The van der Waals surface area contributed by atoms with E-state index in [1.165, 1.54) is 18.4 Å². The molecule has 1 aromatic carbocycles. The van der Waals surface area contributed by atoms with Crippen LogP contribution in [0.4, 0.5) is 0 Å². The third-order valence-electron chi connectivity index (χ3n) is 6.96. The average Bonchev–Trinajstić information content (AvgIpc) is 2.84. The Morgan fingerprint density at radius 3 is 2.82 bits per heavy atom. The predicted molar refractivity (Wildman–Crippen MR) is 86.3 cm³/mol. The lowest BCUT2D eigenvalue weighted by atomic mass is 9.54. The van der Waals surface area contributed by atoms with Crippen molar-refractivity contribution >= 4 is 0 Å². The standard InChI is InChI=1S/C20H24O2/c1-3-12-4-7-18-16-11-19(22)17-10-13(21)5-6-14(17)15(16)8-9-20(12,18)2/h1,5-6,10,12,15-16,18-19,21-22H,4,7-9,11H2,2H3/t12-,15+,16+,18-,19?,20+/m0/s1. The van der Waals surface area contributed by atoms with E-state index in [9.17, 15) is 10.2 Å². The van der Waals surface area contributed by atoms with Crippen molar-refractivity contribution in [2.45, 2.75) is 51.0 Å². The molecule has 4 rings (SSSR count). The third kappa shape index (κ3) is 1.78. The Morgan fingerprint density at radius 2 is 2.05 bits per heavy atom. The summed E-state index contributed by atoms with van der Waals surface area (Å²) < 4.78 is 0. The van der Waals surface area contributed by atoms with Crippen LogP contribution in [0.1, 0.15) is 62.2 Å². The van der Waals surface area contributed by atoms with Crippen molar-refractivity contribution in [3.63, 3.8) is 0 Å². The summed E-state index contributed by atoms with van der Waals surface area (Å²) >= 11 is 0. The van der Waals surface area contributed by atoms with Gasteiger partial charge in [0.2, 0.25) is 0 Å². The van der Waals surface area contributed by atoms with E-state index in [0.29, 0.717) is 23.7 Å². The highest BCUT2D eigenvalue weighted by Crippen LogP contribution is 2.63. The largest absolute Gasteiger partial charge is 0.508 e. The molecule has 0 spiro atoms. The molecule has 3 aliphatic rings. The summed E-state index contributed by atoms with van der Waals surface area (Å²) in [4.78, 5) is 0. The molecule has 6 atom stereocenters. The number of hydrogen-bond acceptors (Lipinski definition) is 2. The lowest BCUT2D eigenvalue weighted by molar-refractivity contribution is 0.00783. The highest BCUT2D eigenvalue weighted by atomic mass is 16.3. The minimum Gasteiger partial charge on any atom is -0.508 e. The number of fused-ring (bicyclic) bond motifs is 5. The van der Waals surface area contributed by atoms with Crippen LogP contribution >= 0.6 is 0 Å². The molecule has 0 aliphatic heterocycles. The quantitative estimate of drug-likeness (QED) is 0.711. The highest BCUT2D eigenvalue weighted by molar-refractivity contribution is 5.41. The first-order valence-electron chi connectivity index (χ1n) is 8.51. The number of rotatable bonds is 0. The predicted octanol–water partition coefficient (Wildman–Crippen LogP) is 3.99. The molecule has 0 aromatic heterocycles. The molecule has 1 aromatic rings. The van der Waals surface area contributed by atoms with E-state index in [1.54, 1.807) is 12.1 Å². The summed E-state index contributed by atoms with van der Waals surface area (Å²) in [5.74, 6) is 5.38. The van der Waals surface area contributed by atoms with E-state index >= 15 is 0 Å². The molecule has 1 unspecified atom stereocenters. The van der Waals surface area contributed by atoms with Crippen LogP contribution in [-0.2, 0) is 0 Å². The number of aliphatic hydroxyl groups is 1. The summed E-state index contributed by atoms with van der Waals surface area (Å²) in [6, 6.07) is 5.55. The molecule has 0 heterocycles. The Kier molecular flexibility index (Phi) is 3.07. The van der Waals surface area contributed by atoms with Gasteiger partial charge in [-0.3, -0.25) is 0 Å². The van der Waals surface area contributed by atoms with Gasteiger partial charge in [0.05, 0.1) is 6.10 Å². The molecule has 2 nitrogen and oxygen atoms in total. The van der Waals surface area contributed by atoms with Gasteiger partial charge in [-0.15, -0.1) is 12.3 Å². The molecule has 2 N–H and O–H groups in total. The van der Waals surface area contributed by atoms with E-state index in [0.717, 1.165) is 24.8 Å². The Hall–Kier alpha value is -1.46. The van der Waals surface area contributed by atoms with Crippen molar-refractivity contribution in [1.29, 1.82) is 0 Å². The normalized spacial score (nSPS) is 42.9. The Bertz CT molecular complexity index is 644. The summed E-state index contributed by atoms with van der Waals surface area (Å²) in [5.41, 5.74) is 2.45. The fourth-order valence-corrected chi connectivity index (χ4v) is 5.85. The second kappa shape index (κ2) is 4.77. The van der Waals surface area contributed by atoms with E-state index in [2.05, 4.69) is 12.8 Å². The van der Waals surface area contributed by atoms with Crippen LogP contribution in [0.2, 0.25) is 0 Å². The maximum atomic E-state index is 10.6. The van der Waals surface area contributed by atoms with E-state index in [1.807, 2.05) is 6.07 Å². The molecular formula is C20H24O2. The topological polar surface area (TPSA) is 40.5 Å². The minimum atomic E-state index is -0.449. The van der Waals surface area contributed by atoms with Crippen molar-refractivity contribution in [2.24, 2.45) is 23.2 Å². The molecule has 22 heavy (non-hydrogen) atoms. The van der Waals surface area contributed by atoms with Crippen molar-refractivity contribution in [2.75, 3.05) is 0 Å². The first-order valence-corrected chi connectivity index (χ1v) is 8.51. The first-order chi connectivity index (χ1) is 10.5. The number of hydrogen-bond donors (Lipinski definition) is 2. The van der Waals surface area contributed by atoms with Crippen LogP contribution in [0.25, 0.3) is 0 Å². The van der Waals surface area contributed by atoms with Crippen LogP contribution in [-0.4, -0.2) is 10.2 Å². The number of aromatic hydroxyl groups is 1. The van der Waals surface area contributed by atoms with Crippen LogP contribution in [0.15, 0.2) is 18.2 Å².